The van der Waals surface area contributed by atoms with Crippen LogP contribution in [-0.2, 0) is 10.0 Å². The van der Waals surface area contributed by atoms with E-state index >= 15 is 0 Å². The van der Waals surface area contributed by atoms with E-state index in [4.69, 9.17) is 0 Å². The first-order chi connectivity index (χ1) is 11.0. The standard InChI is InChI=1S/C17H27FN2O2S/c1-2-3-4-5-6-7-8-9-14-23(21,22)20-19-15-16-10-12-17(18)13-11-16/h10-13,15,20H,2-9,14H2,1H3/b19-15-. The highest BCUT2D eigenvalue weighted by molar-refractivity contribution is 7.89. The summed E-state index contributed by atoms with van der Waals surface area (Å²) in [6.07, 6.45) is 10.2. The zero-order valence-corrected chi connectivity index (χ0v) is 14.6. The molecule has 1 rings (SSSR count). The minimum Gasteiger partial charge on any atom is -0.207 e. The summed E-state index contributed by atoms with van der Waals surface area (Å²) in [5.74, 6) is -0.250. The lowest BCUT2D eigenvalue weighted by Gasteiger charge is -2.04. The monoisotopic (exact) mass is 342 g/mol. The van der Waals surface area contributed by atoms with Crippen LogP contribution in [0.5, 0.6) is 0 Å². The Balaban J connectivity index is 2.17. The predicted octanol–water partition coefficient (Wildman–Crippen LogP) is 4.22. The van der Waals surface area contributed by atoms with Crippen molar-refractivity contribution < 1.29 is 12.8 Å². The van der Waals surface area contributed by atoms with E-state index < -0.39 is 10.0 Å². The van der Waals surface area contributed by atoms with Gasteiger partial charge in [-0.2, -0.15) is 5.10 Å². The van der Waals surface area contributed by atoms with E-state index in [2.05, 4.69) is 16.9 Å². The fourth-order valence-electron chi connectivity index (χ4n) is 2.20. The number of nitrogens with zero attached hydrogens (tertiary/aromatic N) is 1. The van der Waals surface area contributed by atoms with Crippen LogP contribution in [0.1, 0.15) is 63.9 Å². The van der Waals surface area contributed by atoms with E-state index in [0.29, 0.717) is 12.0 Å². The summed E-state index contributed by atoms with van der Waals surface area (Å²) >= 11 is 0. The first kappa shape index (κ1) is 19.6. The molecule has 0 radical (unpaired) electrons. The van der Waals surface area contributed by atoms with Gasteiger partial charge in [-0.3, -0.25) is 0 Å². The van der Waals surface area contributed by atoms with Gasteiger partial charge in [-0.25, -0.2) is 17.6 Å². The second-order valence-electron chi connectivity index (χ2n) is 5.69. The lowest BCUT2D eigenvalue weighted by molar-refractivity contribution is 0.566. The van der Waals surface area contributed by atoms with Crippen molar-refractivity contribution in [1.29, 1.82) is 0 Å². The average Bonchev–Trinajstić information content (AvgIpc) is 2.52. The third kappa shape index (κ3) is 10.0. The fourth-order valence-corrected chi connectivity index (χ4v) is 3.09. The number of unbranched alkanes of at least 4 members (excludes halogenated alkanes) is 7. The van der Waals surface area contributed by atoms with Gasteiger partial charge in [-0.05, 0) is 24.1 Å². The van der Waals surface area contributed by atoms with Crippen molar-refractivity contribution in [2.24, 2.45) is 5.10 Å². The van der Waals surface area contributed by atoms with Gasteiger partial charge in [0.2, 0.25) is 10.0 Å². The van der Waals surface area contributed by atoms with Crippen LogP contribution in [0.3, 0.4) is 0 Å². The molecule has 130 valence electrons. The zero-order valence-electron chi connectivity index (χ0n) is 13.8. The number of hydrazone groups is 1. The largest absolute Gasteiger partial charge is 0.247 e. The third-order valence-corrected chi connectivity index (χ3v) is 4.75. The zero-order chi connectivity index (χ0) is 17.0. The number of sulfonamides is 1. The number of hydrogen-bond acceptors (Lipinski definition) is 3. The number of hydrogen-bond donors (Lipinski definition) is 1. The van der Waals surface area contributed by atoms with Crippen LogP contribution in [0.15, 0.2) is 29.4 Å². The molecule has 0 aliphatic rings. The molecule has 0 spiro atoms. The van der Waals surface area contributed by atoms with E-state index in [9.17, 15) is 12.8 Å². The SMILES string of the molecule is CCCCCCCCCCS(=O)(=O)N/N=C\c1ccc(F)cc1. The van der Waals surface area contributed by atoms with Crippen LogP contribution in [-0.4, -0.2) is 20.4 Å². The third-order valence-electron chi connectivity index (χ3n) is 3.54. The molecule has 0 atom stereocenters. The summed E-state index contributed by atoms with van der Waals surface area (Å²) in [6, 6.07) is 5.67. The Labute approximate surface area is 139 Å². The number of nitrogens with one attached hydrogen (secondary N) is 1. The molecule has 1 N–H and O–H groups in total. The van der Waals surface area contributed by atoms with Gasteiger partial charge in [-0.15, -0.1) is 0 Å². The van der Waals surface area contributed by atoms with E-state index in [-0.39, 0.29) is 11.6 Å². The highest BCUT2D eigenvalue weighted by atomic mass is 32.2. The molecule has 0 bridgehead atoms. The Morgan fingerprint density at radius 3 is 2.17 bits per heavy atom. The van der Waals surface area contributed by atoms with Crippen molar-refractivity contribution >= 4 is 16.2 Å². The van der Waals surface area contributed by atoms with Gasteiger partial charge in [0.1, 0.15) is 5.82 Å². The Bertz CT molecular complexity index is 556. The topological polar surface area (TPSA) is 58.5 Å². The summed E-state index contributed by atoms with van der Waals surface area (Å²) in [6.45, 7) is 2.19. The maximum Gasteiger partial charge on any atom is 0.247 e. The van der Waals surface area contributed by atoms with Gasteiger partial charge in [0, 0.05) is 0 Å². The van der Waals surface area contributed by atoms with Crippen LogP contribution < -0.4 is 4.83 Å². The maximum absolute atomic E-state index is 12.7. The van der Waals surface area contributed by atoms with Crippen LogP contribution in [0.25, 0.3) is 0 Å². The first-order valence-electron chi connectivity index (χ1n) is 8.31. The van der Waals surface area contributed by atoms with Crippen molar-refractivity contribution in [1.82, 2.24) is 4.83 Å². The Hall–Kier alpha value is -1.43. The van der Waals surface area contributed by atoms with Gasteiger partial charge in [0.25, 0.3) is 0 Å². The van der Waals surface area contributed by atoms with Crippen LogP contribution in [0.2, 0.25) is 0 Å². The number of rotatable bonds is 12. The van der Waals surface area contributed by atoms with Crippen LogP contribution in [0, 0.1) is 5.82 Å². The van der Waals surface area contributed by atoms with E-state index in [1.165, 1.54) is 62.6 Å². The quantitative estimate of drug-likeness (QED) is 0.351. The Morgan fingerprint density at radius 1 is 1.00 bits per heavy atom. The minimum atomic E-state index is -3.38. The molecular formula is C17H27FN2O2S. The summed E-state index contributed by atoms with van der Waals surface area (Å²) < 4.78 is 36.3. The molecule has 6 heteroatoms. The first-order valence-corrected chi connectivity index (χ1v) is 9.97. The van der Waals surface area contributed by atoms with Gasteiger partial charge in [-0.1, -0.05) is 64.0 Å². The molecule has 0 amide bonds. The Morgan fingerprint density at radius 2 is 1.57 bits per heavy atom. The lowest BCUT2D eigenvalue weighted by Crippen LogP contribution is -2.21. The maximum atomic E-state index is 12.7. The van der Waals surface area contributed by atoms with Gasteiger partial charge < -0.3 is 0 Å². The van der Waals surface area contributed by atoms with Gasteiger partial charge in [0.05, 0.1) is 12.0 Å². The second kappa shape index (κ2) is 11.2. The van der Waals surface area contributed by atoms with E-state index in [1.807, 2.05) is 0 Å². The molecule has 0 aromatic heterocycles. The van der Waals surface area contributed by atoms with E-state index in [0.717, 1.165) is 12.8 Å². The second-order valence-corrected chi connectivity index (χ2v) is 7.52. The Kier molecular flexibility index (Phi) is 9.52. The van der Waals surface area contributed by atoms with Crippen molar-refractivity contribution in [3.05, 3.63) is 35.6 Å². The molecule has 4 nitrogen and oxygen atoms in total. The highest BCUT2D eigenvalue weighted by Gasteiger charge is 2.07. The lowest BCUT2D eigenvalue weighted by atomic mass is 10.1. The normalized spacial score (nSPS) is 11.9. The van der Waals surface area contributed by atoms with Crippen molar-refractivity contribution in [2.45, 2.75) is 58.3 Å². The fraction of sp³-hybridized carbons (Fsp3) is 0.588. The number of halogens is 1. The summed E-state index contributed by atoms with van der Waals surface area (Å²) in [4.78, 5) is 2.19. The molecule has 0 unspecified atom stereocenters. The summed E-state index contributed by atoms with van der Waals surface area (Å²) in [7, 11) is -3.38. The number of benzene rings is 1. The molecule has 23 heavy (non-hydrogen) atoms. The van der Waals surface area contributed by atoms with Crippen LogP contribution >= 0.6 is 0 Å². The average molecular weight is 342 g/mol. The van der Waals surface area contributed by atoms with Gasteiger partial charge in [0.15, 0.2) is 0 Å². The van der Waals surface area contributed by atoms with Gasteiger partial charge >= 0.3 is 0 Å². The molecule has 0 fully saturated rings. The highest BCUT2D eigenvalue weighted by Crippen LogP contribution is 2.09. The molecule has 1 aromatic rings. The molecule has 0 aliphatic carbocycles. The molecule has 0 heterocycles. The smallest absolute Gasteiger partial charge is 0.207 e. The van der Waals surface area contributed by atoms with E-state index in [1.54, 1.807) is 0 Å². The summed E-state index contributed by atoms with van der Waals surface area (Å²) in [5, 5.41) is 3.71. The van der Waals surface area contributed by atoms with Crippen molar-refractivity contribution in [2.75, 3.05) is 5.75 Å². The molecule has 1 aromatic carbocycles. The minimum absolute atomic E-state index is 0.0860. The molecular weight excluding hydrogens is 315 g/mol. The van der Waals surface area contributed by atoms with Crippen molar-refractivity contribution in [3.63, 3.8) is 0 Å². The van der Waals surface area contributed by atoms with Crippen molar-refractivity contribution in [3.8, 4) is 0 Å². The molecule has 0 aliphatic heterocycles. The molecule has 0 saturated heterocycles. The van der Waals surface area contributed by atoms with Crippen LogP contribution in [0.4, 0.5) is 4.39 Å². The molecule has 0 saturated carbocycles. The summed E-state index contributed by atoms with van der Waals surface area (Å²) in [5.41, 5.74) is 0.640. The predicted molar refractivity (Wildman–Crippen MR) is 93.5 cm³/mol.